The zero-order chi connectivity index (χ0) is 12.2. The second-order valence-corrected chi connectivity index (χ2v) is 5.04. The number of rotatable bonds is 5. The fourth-order valence-corrected chi connectivity index (χ4v) is 2.67. The number of benzene rings is 1. The SMILES string of the molecule is CCN(c1ccccc1)S(=O)(=O)CC(=O)O. The molecule has 0 aliphatic carbocycles. The lowest BCUT2D eigenvalue weighted by Gasteiger charge is -2.21. The van der Waals surface area contributed by atoms with Crippen LogP contribution < -0.4 is 4.31 Å². The van der Waals surface area contributed by atoms with Crippen molar-refractivity contribution in [1.82, 2.24) is 0 Å². The van der Waals surface area contributed by atoms with Crippen molar-refractivity contribution in [1.29, 1.82) is 0 Å². The van der Waals surface area contributed by atoms with Crippen LogP contribution in [0.25, 0.3) is 0 Å². The number of carboxylic acids is 1. The summed E-state index contributed by atoms with van der Waals surface area (Å²) in [7, 11) is -3.79. The van der Waals surface area contributed by atoms with Crippen LogP contribution >= 0.6 is 0 Å². The zero-order valence-electron chi connectivity index (χ0n) is 8.83. The van der Waals surface area contributed by atoms with E-state index in [0.29, 0.717) is 5.69 Å². The van der Waals surface area contributed by atoms with Gasteiger partial charge in [0.1, 0.15) is 0 Å². The van der Waals surface area contributed by atoms with Gasteiger partial charge in [-0.1, -0.05) is 18.2 Å². The molecule has 5 nitrogen and oxygen atoms in total. The Balaban J connectivity index is 3.04. The van der Waals surface area contributed by atoms with E-state index in [1.807, 2.05) is 0 Å². The van der Waals surface area contributed by atoms with Gasteiger partial charge in [0.05, 0.1) is 5.69 Å². The fourth-order valence-electron chi connectivity index (χ4n) is 1.37. The molecule has 0 fully saturated rings. The van der Waals surface area contributed by atoms with Crippen molar-refractivity contribution in [3.05, 3.63) is 30.3 Å². The Morgan fingerprint density at radius 3 is 2.31 bits per heavy atom. The van der Waals surface area contributed by atoms with Crippen molar-refractivity contribution in [3.63, 3.8) is 0 Å². The van der Waals surface area contributed by atoms with E-state index in [1.54, 1.807) is 37.3 Å². The summed E-state index contributed by atoms with van der Waals surface area (Å²) >= 11 is 0. The summed E-state index contributed by atoms with van der Waals surface area (Å²) in [5, 5.41) is 8.53. The molecule has 1 rings (SSSR count). The number of carboxylic acid groups (broad SMARTS) is 1. The van der Waals surface area contributed by atoms with Crippen LogP contribution in [0.1, 0.15) is 6.92 Å². The summed E-state index contributed by atoms with van der Waals surface area (Å²) in [6, 6.07) is 8.43. The Labute approximate surface area is 94.4 Å². The number of hydrogen-bond acceptors (Lipinski definition) is 3. The third kappa shape index (κ3) is 2.96. The van der Waals surface area contributed by atoms with Crippen molar-refractivity contribution in [2.24, 2.45) is 0 Å². The molecule has 0 unspecified atom stereocenters. The molecule has 88 valence electrons. The van der Waals surface area contributed by atoms with Crippen LogP contribution in [0, 0.1) is 0 Å². The highest BCUT2D eigenvalue weighted by molar-refractivity contribution is 7.93. The molecular weight excluding hydrogens is 230 g/mol. The molecule has 6 heteroatoms. The predicted molar refractivity (Wildman–Crippen MR) is 60.9 cm³/mol. The lowest BCUT2D eigenvalue weighted by atomic mass is 10.3. The number of carbonyl (C=O) groups is 1. The normalized spacial score (nSPS) is 11.1. The summed E-state index contributed by atoms with van der Waals surface area (Å²) in [6.45, 7) is 1.87. The van der Waals surface area contributed by atoms with Crippen LogP contribution in [0.15, 0.2) is 30.3 Å². The molecule has 1 aromatic rings. The van der Waals surface area contributed by atoms with Gasteiger partial charge in [-0.05, 0) is 19.1 Å². The average Bonchev–Trinajstić information content (AvgIpc) is 2.17. The van der Waals surface area contributed by atoms with Gasteiger partial charge in [0.15, 0.2) is 5.75 Å². The zero-order valence-corrected chi connectivity index (χ0v) is 9.64. The third-order valence-electron chi connectivity index (χ3n) is 1.97. The second-order valence-electron chi connectivity index (χ2n) is 3.15. The van der Waals surface area contributed by atoms with Crippen LogP contribution in [0.2, 0.25) is 0 Å². The Morgan fingerprint density at radius 2 is 1.88 bits per heavy atom. The first-order chi connectivity index (χ1) is 7.47. The minimum Gasteiger partial charge on any atom is -0.480 e. The number of nitrogens with zero attached hydrogens (tertiary/aromatic N) is 1. The van der Waals surface area contributed by atoms with Gasteiger partial charge in [-0.3, -0.25) is 9.10 Å². The van der Waals surface area contributed by atoms with Crippen molar-refractivity contribution in [2.45, 2.75) is 6.92 Å². The van der Waals surface area contributed by atoms with Crippen molar-refractivity contribution < 1.29 is 18.3 Å². The maximum Gasteiger partial charge on any atom is 0.320 e. The van der Waals surface area contributed by atoms with Gasteiger partial charge in [0, 0.05) is 6.54 Å². The van der Waals surface area contributed by atoms with E-state index in [1.165, 1.54) is 0 Å². The average molecular weight is 243 g/mol. The van der Waals surface area contributed by atoms with E-state index < -0.39 is 21.7 Å². The Hall–Kier alpha value is -1.56. The second kappa shape index (κ2) is 4.98. The van der Waals surface area contributed by atoms with Gasteiger partial charge in [-0.25, -0.2) is 8.42 Å². The number of hydrogen-bond donors (Lipinski definition) is 1. The first kappa shape index (κ1) is 12.5. The first-order valence-electron chi connectivity index (χ1n) is 4.74. The maximum atomic E-state index is 11.7. The summed E-state index contributed by atoms with van der Waals surface area (Å²) in [5.41, 5.74) is 0.478. The molecule has 0 saturated carbocycles. The molecule has 0 saturated heterocycles. The number of sulfonamides is 1. The lowest BCUT2D eigenvalue weighted by molar-refractivity contribution is -0.134. The van der Waals surface area contributed by atoms with Crippen molar-refractivity contribution in [3.8, 4) is 0 Å². The number of para-hydroxylation sites is 1. The van der Waals surface area contributed by atoms with E-state index in [2.05, 4.69) is 0 Å². The summed E-state index contributed by atoms with van der Waals surface area (Å²) < 4.78 is 24.5. The largest absolute Gasteiger partial charge is 0.480 e. The van der Waals surface area contributed by atoms with E-state index in [4.69, 9.17) is 5.11 Å². The fraction of sp³-hybridized carbons (Fsp3) is 0.300. The van der Waals surface area contributed by atoms with Gasteiger partial charge in [0.25, 0.3) is 0 Å². The summed E-state index contributed by atoms with van der Waals surface area (Å²) in [4.78, 5) is 10.5. The molecular formula is C10H13NO4S. The van der Waals surface area contributed by atoms with Gasteiger partial charge in [-0.2, -0.15) is 0 Å². The molecule has 0 radical (unpaired) electrons. The van der Waals surface area contributed by atoms with Crippen LogP contribution in [-0.2, 0) is 14.8 Å². The standard InChI is InChI=1S/C10H13NO4S/c1-2-11(9-6-4-3-5-7-9)16(14,15)8-10(12)13/h3-7H,2,8H2,1H3,(H,12,13). The van der Waals surface area contributed by atoms with Crippen molar-refractivity contribution in [2.75, 3.05) is 16.6 Å². The summed E-state index contributed by atoms with van der Waals surface area (Å²) in [5.74, 6) is -2.25. The Morgan fingerprint density at radius 1 is 1.31 bits per heavy atom. The number of anilines is 1. The highest BCUT2D eigenvalue weighted by Gasteiger charge is 2.23. The maximum absolute atomic E-state index is 11.7. The van der Waals surface area contributed by atoms with E-state index >= 15 is 0 Å². The van der Waals surface area contributed by atoms with E-state index in [-0.39, 0.29) is 6.54 Å². The first-order valence-corrected chi connectivity index (χ1v) is 6.35. The minimum atomic E-state index is -3.79. The van der Waals surface area contributed by atoms with E-state index in [9.17, 15) is 13.2 Å². The highest BCUT2D eigenvalue weighted by Crippen LogP contribution is 2.17. The molecule has 0 spiro atoms. The third-order valence-corrected chi connectivity index (χ3v) is 3.73. The molecule has 0 heterocycles. The van der Waals surface area contributed by atoms with Crippen LogP contribution in [0.5, 0.6) is 0 Å². The molecule has 0 amide bonds. The molecule has 0 aliphatic rings. The molecule has 1 aromatic carbocycles. The Kier molecular flexibility index (Phi) is 3.89. The minimum absolute atomic E-state index is 0.208. The topological polar surface area (TPSA) is 74.7 Å². The number of aliphatic carboxylic acids is 1. The molecule has 0 aromatic heterocycles. The van der Waals surface area contributed by atoms with Crippen LogP contribution in [0.4, 0.5) is 5.69 Å². The lowest BCUT2D eigenvalue weighted by Crippen LogP contribution is -2.35. The van der Waals surface area contributed by atoms with E-state index in [0.717, 1.165) is 4.31 Å². The highest BCUT2D eigenvalue weighted by atomic mass is 32.2. The molecule has 0 aliphatic heterocycles. The molecule has 1 N–H and O–H groups in total. The molecule has 0 bridgehead atoms. The molecule has 0 atom stereocenters. The molecule has 16 heavy (non-hydrogen) atoms. The van der Waals surface area contributed by atoms with Gasteiger partial charge < -0.3 is 5.11 Å². The predicted octanol–water partition coefficient (Wildman–Crippen LogP) is 0.927. The quantitative estimate of drug-likeness (QED) is 0.834. The van der Waals surface area contributed by atoms with Crippen molar-refractivity contribution >= 4 is 21.7 Å². The Bertz CT molecular complexity index is 455. The van der Waals surface area contributed by atoms with Crippen LogP contribution in [-0.4, -0.2) is 31.8 Å². The monoisotopic (exact) mass is 243 g/mol. The van der Waals surface area contributed by atoms with Crippen LogP contribution in [0.3, 0.4) is 0 Å². The van der Waals surface area contributed by atoms with Gasteiger partial charge in [-0.15, -0.1) is 0 Å². The van der Waals surface area contributed by atoms with Gasteiger partial charge in [0.2, 0.25) is 10.0 Å². The summed E-state index contributed by atoms with van der Waals surface area (Å²) in [6.07, 6.45) is 0. The smallest absolute Gasteiger partial charge is 0.320 e. The van der Waals surface area contributed by atoms with Gasteiger partial charge >= 0.3 is 5.97 Å².